The van der Waals surface area contributed by atoms with Gasteiger partial charge in [0.25, 0.3) is 0 Å². The van der Waals surface area contributed by atoms with Crippen molar-refractivity contribution in [1.82, 2.24) is 5.06 Å². The first kappa shape index (κ1) is 25.5. The molecular formula is C22H23ClN2O5S3. The first-order chi connectivity index (χ1) is 15.6. The number of ether oxygens (including phenoxy) is 1. The van der Waals surface area contributed by atoms with E-state index in [-0.39, 0.29) is 4.90 Å². The summed E-state index contributed by atoms with van der Waals surface area (Å²) in [5.41, 5.74) is 2.33. The van der Waals surface area contributed by atoms with E-state index >= 15 is 0 Å². The van der Waals surface area contributed by atoms with Gasteiger partial charge >= 0.3 is 0 Å². The average molecular weight is 527 g/mol. The van der Waals surface area contributed by atoms with Crippen LogP contribution in [0.5, 0.6) is 5.75 Å². The van der Waals surface area contributed by atoms with Gasteiger partial charge in [0, 0.05) is 30.3 Å². The standard InChI is InChI=1S/C22H23ClN2O5S3/c1-25(26)22(31)32-11-3-4-16-13-18(14-5-8-17(9-6-14)33(24,27)28)21(30-16)15-7-10-20(29-2)19(23)12-15/h5-10,12-13,26H,3-4,11H2,1-2H3,(H2,24,27,28). The molecule has 176 valence electrons. The summed E-state index contributed by atoms with van der Waals surface area (Å²) in [6, 6.07) is 13.6. The lowest BCUT2D eigenvalue weighted by Gasteiger charge is -2.09. The number of halogens is 1. The van der Waals surface area contributed by atoms with Crippen LogP contribution in [-0.2, 0) is 16.4 Å². The van der Waals surface area contributed by atoms with Crippen molar-refractivity contribution >= 4 is 49.9 Å². The fourth-order valence-corrected chi connectivity index (χ4v) is 4.80. The van der Waals surface area contributed by atoms with Gasteiger partial charge < -0.3 is 9.15 Å². The van der Waals surface area contributed by atoms with Gasteiger partial charge in [-0.05, 0) is 48.4 Å². The molecule has 0 fully saturated rings. The summed E-state index contributed by atoms with van der Waals surface area (Å²) < 4.78 is 35.1. The molecule has 0 amide bonds. The van der Waals surface area contributed by atoms with Crippen molar-refractivity contribution in [3.8, 4) is 28.2 Å². The van der Waals surface area contributed by atoms with E-state index in [1.165, 1.54) is 30.9 Å². The third-order valence-electron chi connectivity index (χ3n) is 4.75. The van der Waals surface area contributed by atoms with Crippen LogP contribution in [0.4, 0.5) is 0 Å². The molecule has 0 saturated heterocycles. The Morgan fingerprint density at radius 2 is 1.88 bits per heavy atom. The van der Waals surface area contributed by atoms with Crippen molar-refractivity contribution < 1.29 is 22.8 Å². The van der Waals surface area contributed by atoms with E-state index in [1.54, 1.807) is 31.4 Å². The highest BCUT2D eigenvalue weighted by Gasteiger charge is 2.17. The lowest BCUT2D eigenvalue weighted by molar-refractivity contribution is 0.0205. The second-order valence-corrected chi connectivity index (χ2v) is 10.8. The number of sulfonamides is 1. The van der Waals surface area contributed by atoms with Gasteiger partial charge in [-0.25, -0.2) is 18.6 Å². The number of methoxy groups -OCH3 is 1. The third kappa shape index (κ3) is 6.50. The fourth-order valence-electron chi connectivity index (χ4n) is 3.13. The summed E-state index contributed by atoms with van der Waals surface area (Å²) in [6.07, 6.45) is 1.43. The molecule has 1 aromatic heterocycles. The minimum Gasteiger partial charge on any atom is -0.495 e. The normalized spacial score (nSPS) is 11.4. The van der Waals surface area contributed by atoms with Gasteiger partial charge in [0.15, 0.2) is 4.32 Å². The molecule has 3 rings (SSSR count). The molecule has 0 atom stereocenters. The van der Waals surface area contributed by atoms with Crippen LogP contribution in [0.15, 0.2) is 57.8 Å². The topological polar surface area (TPSA) is 106 Å². The summed E-state index contributed by atoms with van der Waals surface area (Å²) >= 11 is 12.8. The average Bonchev–Trinajstić information content (AvgIpc) is 3.20. The maximum Gasteiger partial charge on any atom is 0.238 e. The quantitative estimate of drug-likeness (QED) is 0.234. The Balaban J connectivity index is 1.93. The molecule has 11 heteroatoms. The van der Waals surface area contributed by atoms with E-state index in [9.17, 15) is 13.6 Å². The number of rotatable bonds is 8. The molecule has 2 aromatic carbocycles. The van der Waals surface area contributed by atoms with Crippen LogP contribution < -0.4 is 9.88 Å². The zero-order valence-corrected chi connectivity index (χ0v) is 21.2. The van der Waals surface area contributed by atoms with Crippen LogP contribution in [0.2, 0.25) is 5.02 Å². The van der Waals surface area contributed by atoms with Gasteiger partial charge in [-0.15, -0.1) is 0 Å². The summed E-state index contributed by atoms with van der Waals surface area (Å²) in [7, 11) is -0.757. The van der Waals surface area contributed by atoms with E-state index in [1.807, 2.05) is 12.1 Å². The molecule has 3 aromatic rings. The maximum absolute atomic E-state index is 11.6. The highest BCUT2D eigenvalue weighted by molar-refractivity contribution is 8.22. The Morgan fingerprint density at radius 3 is 2.45 bits per heavy atom. The predicted octanol–water partition coefficient (Wildman–Crippen LogP) is 5.19. The number of hydrogen-bond acceptors (Lipinski definition) is 7. The molecule has 7 nitrogen and oxygen atoms in total. The molecule has 0 radical (unpaired) electrons. The van der Waals surface area contributed by atoms with Crippen LogP contribution in [0, 0.1) is 0 Å². The van der Waals surface area contributed by atoms with Crippen molar-refractivity contribution in [2.75, 3.05) is 19.9 Å². The lowest BCUT2D eigenvalue weighted by Crippen LogP contribution is -2.17. The molecule has 3 N–H and O–H groups in total. The monoisotopic (exact) mass is 526 g/mol. The summed E-state index contributed by atoms with van der Waals surface area (Å²) in [4.78, 5) is 0.0332. The molecule has 0 unspecified atom stereocenters. The van der Waals surface area contributed by atoms with Gasteiger partial charge in [-0.1, -0.05) is 47.7 Å². The smallest absolute Gasteiger partial charge is 0.238 e. The third-order valence-corrected chi connectivity index (χ3v) is 7.59. The lowest BCUT2D eigenvalue weighted by atomic mass is 10.0. The van der Waals surface area contributed by atoms with Gasteiger partial charge in [0.05, 0.1) is 17.0 Å². The summed E-state index contributed by atoms with van der Waals surface area (Å²) in [6.45, 7) is 0. The molecule has 0 aliphatic carbocycles. The van der Waals surface area contributed by atoms with Crippen molar-refractivity contribution in [3.05, 3.63) is 59.3 Å². The first-order valence-corrected chi connectivity index (χ1v) is 13.1. The van der Waals surface area contributed by atoms with E-state index < -0.39 is 10.0 Å². The number of hydrogen-bond donors (Lipinski definition) is 2. The molecule has 0 bridgehead atoms. The number of thiocarbonyl (C=S) groups is 1. The number of primary sulfonamides is 1. The zero-order valence-electron chi connectivity index (χ0n) is 17.9. The van der Waals surface area contributed by atoms with Gasteiger partial charge in [0.1, 0.15) is 17.3 Å². The fraction of sp³-hybridized carbons (Fsp3) is 0.227. The number of nitrogens with two attached hydrogens (primary N) is 1. The van der Waals surface area contributed by atoms with Gasteiger partial charge in [-0.2, -0.15) is 0 Å². The SMILES string of the molecule is COc1ccc(-c2oc(CCCSC(=S)N(C)O)cc2-c2ccc(S(N)(=O)=O)cc2)cc1Cl. The summed E-state index contributed by atoms with van der Waals surface area (Å²) in [5, 5.41) is 15.9. The Hall–Kier alpha value is -2.08. The molecule has 0 aliphatic rings. The molecule has 0 saturated carbocycles. The van der Waals surface area contributed by atoms with Crippen molar-refractivity contribution in [3.63, 3.8) is 0 Å². The Morgan fingerprint density at radius 1 is 1.21 bits per heavy atom. The number of furan rings is 1. The minimum atomic E-state index is -3.79. The number of aryl methyl sites for hydroxylation is 1. The van der Waals surface area contributed by atoms with Gasteiger partial charge in [0.2, 0.25) is 10.0 Å². The second kappa shape index (κ2) is 10.9. The number of benzene rings is 2. The van der Waals surface area contributed by atoms with Gasteiger partial charge in [-0.3, -0.25) is 5.21 Å². The van der Waals surface area contributed by atoms with Crippen molar-refractivity contribution in [1.29, 1.82) is 0 Å². The highest BCUT2D eigenvalue weighted by Crippen LogP contribution is 2.38. The Bertz CT molecular complexity index is 1240. The number of thioether (sulfide) groups is 1. The Labute approximate surface area is 207 Å². The van der Waals surface area contributed by atoms with Crippen LogP contribution in [0.3, 0.4) is 0 Å². The maximum atomic E-state index is 11.6. The molecule has 0 spiro atoms. The predicted molar refractivity (Wildman–Crippen MR) is 135 cm³/mol. The number of nitrogens with zero attached hydrogens (tertiary/aromatic N) is 1. The highest BCUT2D eigenvalue weighted by atomic mass is 35.5. The van der Waals surface area contributed by atoms with E-state index in [4.69, 9.17) is 38.1 Å². The zero-order chi connectivity index (χ0) is 24.2. The second-order valence-electron chi connectivity index (χ2n) is 7.12. The summed E-state index contributed by atoms with van der Waals surface area (Å²) in [5.74, 6) is 2.63. The molecule has 0 aliphatic heterocycles. The van der Waals surface area contributed by atoms with Crippen LogP contribution in [-0.4, -0.2) is 42.9 Å². The molecule has 33 heavy (non-hydrogen) atoms. The van der Waals surface area contributed by atoms with Crippen LogP contribution >= 0.6 is 35.6 Å². The van der Waals surface area contributed by atoms with E-state index in [0.29, 0.717) is 33.0 Å². The van der Waals surface area contributed by atoms with Crippen molar-refractivity contribution in [2.24, 2.45) is 5.14 Å². The van der Waals surface area contributed by atoms with Crippen molar-refractivity contribution in [2.45, 2.75) is 17.7 Å². The molecular weight excluding hydrogens is 504 g/mol. The largest absolute Gasteiger partial charge is 0.495 e. The molecule has 1 heterocycles. The van der Waals surface area contributed by atoms with Crippen LogP contribution in [0.25, 0.3) is 22.5 Å². The first-order valence-electron chi connectivity index (χ1n) is 9.79. The minimum absolute atomic E-state index is 0.0332. The Kier molecular flexibility index (Phi) is 8.43. The van der Waals surface area contributed by atoms with Crippen LogP contribution in [0.1, 0.15) is 12.2 Å². The number of hydroxylamine groups is 2. The van der Waals surface area contributed by atoms with E-state index in [2.05, 4.69) is 0 Å². The van der Waals surface area contributed by atoms with E-state index in [0.717, 1.165) is 33.9 Å².